The Bertz CT molecular complexity index is 716. The van der Waals surface area contributed by atoms with E-state index in [4.69, 9.17) is 10.6 Å². The molecule has 1 aromatic heterocycles. The molecule has 0 aliphatic heterocycles. The van der Waals surface area contributed by atoms with Gasteiger partial charge in [-0.15, -0.1) is 10.2 Å². The first-order valence-electron chi connectivity index (χ1n) is 8.11. The molecule has 1 heterocycles. The first-order chi connectivity index (χ1) is 12.1. The Labute approximate surface area is 149 Å². The van der Waals surface area contributed by atoms with E-state index in [1.165, 1.54) is 53.5 Å². The molecule has 25 heavy (non-hydrogen) atoms. The van der Waals surface area contributed by atoms with E-state index < -0.39 is 0 Å². The van der Waals surface area contributed by atoms with E-state index in [2.05, 4.69) is 15.5 Å². The minimum atomic E-state index is -0.330. The van der Waals surface area contributed by atoms with Crippen LogP contribution in [0.2, 0.25) is 0 Å². The van der Waals surface area contributed by atoms with Crippen molar-refractivity contribution >= 4 is 17.7 Å². The van der Waals surface area contributed by atoms with Crippen molar-refractivity contribution in [2.45, 2.75) is 43.5 Å². The summed E-state index contributed by atoms with van der Waals surface area (Å²) in [6, 6.07) is 5.97. The van der Waals surface area contributed by atoms with Gasteiger partial charge in [0.05, 0.1) is 5.75 Å². The van der Waals surface area contributed by atoms with Crippen molar-refractivity contribution in [2.24, 2.45) is 0 Å². The molecule has 1 amide bonds. The summed E-state index contributed by atoms with van der Waals surface area (Å²) in [6.45, 7) is 0.101. The predicted molar refractivity (Wildman–Crippen MR) is 92.0 cm³/mol. The molecule has 3 N–H and O–H groups in total. The average molecular weight is 365 g/mol. The monoisotopic (exact) mass is 365 g/mol. The van der Waals surface area contributed by atoms with Gasteiger partial charge in [0, 0.05) is 6.04 Å². The first kappa shape index (κ1) is 17.5. The van der Waals surface area contributed by atoms with Crippen LogP contribution in [0.1, 0.15) is 31.5 Å². The maximum atomic E-state index is 12.9. The topological polar surface area (TPSA) is 95.1 Å². The summed E-state index contributed by atoms with van der Waals surface area (Å²) >= 11 is 1.23. The van der Waals surface area contributed by atoms with Crippen LogP contribution in [0.5, 0.6) is 5.75 Å². The van der Waals surface area contributed by atoms with Crippen molar-refractivity contribution in [3.8, 4) is 5.75 Å². The number of amides is 1. The Kier molecular flexibility index (Phi) is 5.75. The van der Waals surface area contributed by atoms with Crippen molar-refractivity contribution < 1.29 is 13.9 Å². The van der Waals surface area contributed by atoms with Crippen LogP contribution in [-0.4, -0.2) is 32.6 Å². The third-order valence-electron chi connectivity index (χ3n) is 3.97. The van der Waals surface area contributed by atoms with Crippen molar-refractivity contribution in [1.82, 2.24) is 20.2 Å². The fraction of sp³-hybridized carbons (Fsp3) is 0.438. The molecule has 0 unspecified atom stereocenters. The lowest BCUT2D eigenvalue weighted by atomic mass is 10.2. The molecule has 1 aliphatic rings. The van der Waals surface area contributed by atoms with E-state index in [0.29, 0.717) is 22.8 Å². The number of rotatable bonds is 7. The number of hydrogen-bond acceptors (Lipinski definition) is 6. The van der Waals surface area contributed by atoms with Crippen molar-refractivity contribution in [3.05, 3.63) is 35.9 Å². The molecule has 1 fully saturated rings. The molecule has 2 aromatic rings. The smallest absolute Gasteiger partial charge is 0.230 e. The van der Waals surface area contributed by atoms with E-state index in [9.17, 15) is 9.18 Å². The third-order valence-corrected chi connectivity index (χ3v) is 4.91. The first-order valence-corrected chi connectivity index (χ1v) is 9.10. The molecule has 0 bridgehead atoms. The van der Waals surface area contributed by atoms with Crippen molar-refractivity contribution in [2.75, 3.05) is 11.6 Å². The number of nitrogens with one attached hydrogen (secondary N) is 1. The minimum Gasteiger partial charge on any atom is -0.486 e. The van der Waals surface area contributed by atoms with Crippen LogP contribution in [0.15, 0.2) is 29.4 Å². The number of thioether (sulfide) groups is 1. The number of aromatic nitrogens is 3. The fourth-order valence-corrected chi connectivity index (χ4v) is 3.34. The molecule has 3 rings (SSSR count). The van der Waals surface area contributed by atoms with Gasteiger partial charge in [0.25, 0.3) is 0 Å². The lowest BCUT2D eigenvalue weighted by molar-refractivity contribution is -0.119. The van der Waals surface area contributed by atoms with Gasteiger partial charge >= 0.3 is 0 Å². The Morgan fingerprint density at radius 2 is 2.04 bits per heavy atom. The van der Waals surface area contributed by atoms with Gasteiger partial charge < -0.3 is 15.9 Å². The maximum Gasteiger partial charge on any atom is 0.230 e. The van der Waals surface area contributed by atoms with Crippen LogP contribution in [-0.2, 0) is 11.4 Å². The molecular formula is C16H20FN5O2S. The largest absolute Gasteiger partial charge is 0.486 e. The van der Waals surface area contributed by atoms with Gasteiger partial charge in [-0.1, -0.05) is 24.6 Å². The highest BCUT2D eigenvalue weighted by molar-refractivity contribution is 7.99. The molecule has 9 heteroatoms. The quantitative estimate of drug-likeness (QED) is 0.574. The SMILES string of the molecule is Nn1c(COc2ccc(F)cc2)nnc1SCC(=O)NC1CCCC1. The number of nitrogens with zero attached hydrogens (tertiary/aromatic N) is 3. The number of benzene rings is 1. The molecule has 1 aliphatic carbocycles. The standard InChI is InChI=1S/C16H20FN5O2S/c17-11-5-7-13(8-6-11)24-9-14-20-21-16(22(14)18)25-10-15(23)19-12-3-1-2-4-12/h5-8,12H,1-4,9-10,18H2,(H,19,23). The number of halogens is 1. The summed E-state index contributed by atoms with van der Waals surface area (Å²) in [4.78, 5) is 11.9. The van der Waals surface area contributed by atoms with Gasteiger partial charge in [-0.3, -0.25) is 4.79 Å². The molecular weight excluding hydrogens is 345 g/mol. The third kappa shape index (κ3) is 4.85. The number of carbonyl (C=O) groups excluding carboxylic acids is 1. The van der Waals surface area contributed by atoms with E-state index in [-0.39, 0.29) is 24.1 Å². The van der Waals surface area contributed by atoms with Crippen molar-refractivity contribution in [3.63, 3.8) is 0 Å². The lowest BCUT2D eigenvalue weighted by Crippen LogP contribution is -2.34. The van der Waals surface area contributed by atoms with Gasteiger partial charge in [-0.05, 0) is 37.1 Å². The highest BCUT2D eigenvalue weighted by Gasteiger charge is 2.18. The second kappa shape index (κ2) is 8.19. The Morgan fingerprint density at radius 1 is 1.32 bits per heavy atom. The van der Waals surface area contributed by atoms with E-state index in [0.717, 1.165) is 12.8 Å². The Hall–Kier alpha value is -2.29. The molecule has 1 saturated carbocycles. The average Bonchev–Trinajstić information content (AvgIpc) is 3.23. The number of hydrogen-bond donors (Lipinski definition) is 2. The zero-order valence-corrected chi connectivity index (χ0v) is 14.5. The van der Waals surface area contributed by atoms with Gasteiger partial charge in [0.1, 0.15) is 18.2 Å². The van der Waals surface area contributed by atoms with Gasteiger partial charge in [0.2, 0.25) is 11.1 Å². The minimum absolute atomic E-state index is 0.0241. The van der Waals surface area contributed by atoms with Crippen LogP contribution in [0.3, 0.4) is 0 Å². The van der Waals surface area contributed by atoms with Crippen LogP contribution in [0, 0.1) is 5.82 Å². The second-order valence-electron chi connectivity index (χ2n) is 5.85. The van der Waals surface area contributed by atoms with Gasteiger partial charge in [-0.2, -0.15) is 0 Å². The second-order valence-corrected chi connectivity index (χ2v) is 6.79. The summed E-state index contributed by atoms with van der Waals surface area (Å²) in [5.41, 5.74) is 0. The zero-order chi connectivity index (χ0) is 17.6. The predicted octanol–water partition coefficient (Wildman–Crippen LogP) is 1.86. The number of ether oxygens (including phenoxy) is 1. The molecule has 0 radical (unpaired) electrons. The van der Waals surface area contributed by atoms with Crippen LogP contribution in [0.4, 0.5) is 4.39 Å². The summed E-state index contributed by atoms with van der Waals surface area (Å²) in [5.74, 6) is 6.76. The lowest BCUT2D eigenvalue weighted by Gasteiger charge is -2.11. The molecule has 0 saturated heterocycles. The van der Waals surface area contributed by atoms with E-state index in [1.54, 1.807) is 0 Å². The van der Waals surface area contributed by atoms with Gasteiger partial charge in [0.15, 0.2) is 5.82 Å². The number of nitrogens with two attached hydrogens (primary N) is 1. The fourth-order valence-electron chi connectivity index (χ4n) is 2.65. The molecule has 0 spiro atoms. The van der Waals surface area contributed by atoms with E-state index in [1.807, 2.05) is 0 Å². The zero-order valence-electron chi connectivity index (χ0n) is 13.7. The van der Waals surface area contributed by atoms with Crippen LogP contribution >= 0.6 is 11.8 Å². The maximum absolute atomic E-state index is 12.9. The molecule has 134 valence electrons. The highest BCUT2D eigenvalue weighted by Crippen LogP contribution is 2.19. The molecule has 7 nitrogen and oxygen atoms in total. The van der Waals surface area contributed by atoms with Gasteiger partial charge in [-0.25, -0.2) is 9.07 Å². The van der Waals surface area contributed by atoms with E-state index >= 15 is 0 Å². The summed E-state index contributed by atoms with van der Waals surface area (Å²) in [7, 11) is 0. The van der Waals surface area contributed by atoms with Crippen molar-refractivity contribution in [1.29, 1.82) is 0 Å². The molecule has 1 aromatic carbocycles. The summed E-state index contributed by atoms with van der Waals surface area (Å²) in [5, 5.41) is 11.4. The Balaban J connectivity index is 1.48. The Morgan fingerprint density at radius 3 is 2.76 bits per heavy atom. The molecule has 0 atom stereocenters. The summed E-state index contributed by atoms with van der Waals surface area (Å²) in [6.07, 6.45) is 4.45. The highest BCUT2D eigenvalue weighted by atomic mass is 32.2. The number of carbonyl (C=O) groups is 1. The normalized spacial score (nSPS) is 14.6. The summed E-state index contributed by atoms with van der Waals surface area (Å²) < 4.78 is 19.7. The van der Waals surface area contributed by atoms with Crippen LogP contribution < -0.4 is 15.9 Å². The van der Waals surface area contributed by atoms with Crippen LogP contribution in [0.25, 0.3) is 0 Å². The number of nitrogen functional groups attached to an aromatic ring is 1.